The molecule has 4 rings (SSSR count). The van der Waals surface area contributed by atoms with Crippen molar-refractivity contribution in [1.82, 2.24) is 10.3 Å². The summed E-state index contributed by atoms with van der Waals surface area (Å²) in [5.41, 5.74) is 0.888. The first-order valence-corrected chi connectivity index (χ1v) is 10.9. The molecule has 162 valence electrons. The number of carbonyl (C=O) groups is 1. The smallest absolute Gasteiger partial charge is 0.253 e. The SMILES string of the molecule is O=C(NCC1CCCCC1(F)F)c1c(Cl)ccc2nc(N3CCC(CO)C3)ccc12. The number of pyridine rings is 1. The molecule has 30 heavy (non-hydrogen) atoms. The first kappa shape index (κ1) is 21.2. The number of nitrogens with zero attached hydrogens (tertiary/aromatic N) is 2. The minimum atomic E-state index is -2.74. The van der Waals surface area contributed by atoms with Crippen LogP contribution >= 0.6 is 11.6 Å². The Morgan fingerprint density at radius 3 is 2.83 bits per heavy atom. The third-order valence-corrected chi connectivity index (χ3v) is 6.63. The van der Waals surface area contributed by atoms with Gasteiger partial charge in [0.2, 0.25) is 0 Å². The average molecular weight is 438 g/mol. The Balaban J connectivity index is 1.54. The number of carbonyl (C=O) groups excluding carboxylic acids is 1. The van der Waals surface area contributed by atoms with Gasteiger partial charge in [-0.05, 0) is 43.5 Å². The van der Waals surface area contributed by atoms with E-state index in [1.165, 1.54) is 0 Å². The van der Waals surface area contributed by atoms with E-state index >= 15 is 0 Å². The van der Waals surface area contributed by atoms with E-state index < -0.39 is 17.7 Å². The maximum absolute atomic E-state index is 14.1. The van der Waals surface area contributed by atoms with Gasteiger partial charge in [-0.2, -0.15) is 0 Å². The minimum Gasteiger partial charge on any atom is -0.396 e. The number of anilines is 1. The highest BCUT2D eigenvalue weighted by Gasteiger charge is 2.41. The fraction of sp³-hybridized carbons (Fsp3) is 0.545. The lowest BCUT2D eigenvalue weighted by atomic mass is 9.85. The van der Waals surface area contributed by atoms with Gasteiger partial charge in [0.25, 0.3) is 11.8 Å². The Kier molecular flexibility index (Phi) is 6.11. The lowest BCUT2D eigenvalue weighted by Crippen LogP contribution is -2.40. The highest BCUT2D eigenvalue weighted by molar-refractivity contribution is 6.35. The zero-order valence-corrected chi connectivity index (χ0v) is 17.5. The normalized spacial score (nSPS) is 23.7. The average Bonchev–Trinajstić information content (AvgIpc) is 3.21. The van der Waals surface area contributed by atoms with Gasteiger partial charge in [-0.3, -0.25) is 4.79 Å². The van der Waals surface area contributed by atoms with Crippen LogP contribution in [-0.2, 0) is 0 Å². The van der Waals surface area contributed by atoms with Crippen LogP contribution in [0, 0.1) is 11.8 Å². The number of alkyl halides is 2. The number of nitrogens with one attached hydrogen (secondary N) is 1. The van der Waals surface area contributed by atoms with Crippen LogP contribution in [0.1, 0.15) is 42.5 Å². The van der Waals surface area contributed by atoms with Gasteiger partial charge in [0.05, 0.1) is 16.1 Å². The summed E-state index contributed by atoms with van der Waals surface area (Å²) < 4.78 is 28.2. The molecule has 2 atom stereocenters. The summed E-state index contributed by atoms with van der Waals surface area (Å²) in [7, 11) is 0. The Morgan fingerprint density at radius 2 is 2.10 bits per heavy atom. The molecule has 1 saturated heterocycles. The number of rotatable bonds is 5. The van der Waals surface area contributed by atoms with E-state index in [9.17, 15) is 18.7 Å². The van der Waals surface area contributed by atoms with Crippen molar-refractivity contribution in [2.24, 2.45) is 11.8 Å². The van der Waals surface area contributed by atoms with E-state index in [0.29, 0.717) is 23.7 Å². The van der Waals surface area contributed by atoms with Gasteiger partial charge in [0, 0.05) is 49.9 Å². The van der Waals surface area contributed by atoms with Gasteiger partial charge in [-0.15, -0.1) is 0 Å². The molecule has 1 aromatic heterocycles. The monoisotopic (exact) mass is 437 g/mol. The van der Waals surface area contributed by atoms with Crippen molar-refractivity contribution in [2.75, 3.05) is 31.1 Å². The van der Waals surface area contributed by atoms with E-state index in [2.05, 4.69) is 15.2 Å². The van der Waals surface area contributed by atoms with Gasteiger partial charge in [-0.25, -0.2) is 13.8 Å². The lowest BCUT2D eigenvalue weighted by Gasteiger charge is -2.31. The van der Waals surface area contributed by atoms with Crippen molar-refractivity contribution in [3.05, 3.63) is 34.9 Å². The van der Waals surface area contributed by atoms with Gasteiger partial charge < -0.3 is 15.3 Å². The Labute approximate surface area is 179 Å². The second-order valence-electron chi connectivity index (χ2n) is 8.36. The molecule has 1 saturated carbocycles. The number of fused-ring (bicyclic) bond motifs is 1. The number of aromatic nitrogens is 1. The molecule has 5 nitrogen and oxygen atoms in total. The second kappa shape index (κ2) is 8.63. The van der Waals surface area contributed by atoms with Crippen molar-refractivity contribution in [2.45, 2.75) is 38.0 Å². The number of hydrogen-bond donors (Lipinski definition) is 2. The standard InChI is InChI=1S/C22H26ClF2N3O2/c23-17-5-6-18-16(4-7-19(27-18)28-10-8-14(12-28)13-29)20(17)21(30)26-11-15-3-1-2-9-22(15,24)25/h4-7,14-15,29H,1-3,8-13H2,(H,26,30). The first-order chi connectivity index (χ1) is 14.4. The molecule has 2 aromatic rings. The summed E-state index contributed by atoms with van der Waals surface area (Å²) in [6, 6.07) is 7.02. The summed E-state index contributed by atoms with van der Waals surface area (Å²) in [5.74, 6) is -3.01. The van der Waals surface area contributed by atoms with Crippen LogP contribution in [-0.4, -0.2) is 48.2 Å². The zero-order chi connectivity index (χ0) is 21.3. The minimum absolute atomic E-state index is 0.0691. The summed E-state index contributed by atoms with van der Waals surface area (Å²) in [6.07, 6.45) is 2.48. The topological polar surface area (TPSA) is 65.5 Å². The van der Waals surface area contributed by atoms with E-state index in [0.717, 1.165) is 31.7 Å². The molecule has 2 heterocycles. The van der Waals surface area contributed by atoms with Crippen LogP contribution in [0.4, 0.5) is 14.6 Å². The fourth-order valence-corrected chi connectivity index (χ4v) is 4.74. The fourth-order valence-electron chi connectivity index (χ4n) is 4.49. The maximum atomic E-state index is 14.1. The molecule has 0 radical (unpaired) electrons. The number of benzene rings is 1. The number of amides is 1. The van der Waals surface area contributed by atoms with Crippen LogP contribution < -0.4 is 10.2 Å². The molecule has 1 aliphatic heterocycles. The van der Waals surface area contributed by atoms with Gasteiger partial charge in [0.15, 0.2) is 0 Å². The van der Waals surface area contributed by atoms with Crippen molar-refractivity contribution >= 4 is 34.2 Å². The van der Waals surface area contributed by atoms with E-state index in [4.69, 9.17) is 11.6 Å². The van der Waals surface area contributed by atoms with Crippen molar-refractivity contribution in [3.8, 4) is 0 Å². The number of hydrogen-bond acceptors (Lipinski definition) is 4. The first-order valence-electron chi connectivity index (χ1n) is 10.5. The molecule has 2 N–H and O–H groups in total. The third kappa shape index (κ3) is 4.23. The zero-order valence-electron chi connectivity index (χ0n) is 16.7. The Hall–Kier alpha value is -1.99. The number of halogens is 3. The predicted octanol–water partition coefficient (Wildman–Crippen LogP) is 4.26. The van der Waals surface area contributed by atoms with Crippen LogP contribution in [0.3, 0.4) is 0 Å². The summed E-state index contributed by atoms with van der Waals surface area (Å²) >= 11 is 6.31. The molecule has 1 amide bonds. The number of aliphatic hydroxyl groups is 1. The van der Waals surface area contributed by atoms with Crippen LogP contribution in [0.2, 0.25) is 5.02 Å². The number of aliphatic hydroxyl groups excluding tert-OH is 1. The summed E-state index contributed by atoms with van der Waals surface area (Å²) in [6.45, 7) is 1.65. The van der Waals surface area contributed by atoms with Crippen LogP contribution in [0.5, 0.6) is 0 Å². The molecule has 2 fully saturated rings. The molecule has 0 bridgehead atoms. The molecule has 2 unspecified atom stereocenters. The highest BCUT2D eigenvalue weighted by atomic mass is 35.5. The van der Waals surface area contributed by atoms with Gasteiger partial charge in [-0.1, -0.05) is 18.0 Å². The van der Waals surface area contributed by atoms with Crippen LogP contribution in [0.15, 0.2) is 24.3 Å². The van der Waals surface area contributed by atoms with Gasteiger partial charge >= 0.3 is 0 Å². The van der Waals surface area contributed by atoms with Crippen molar-refractivity contribution in [3.63, 3.8) is 0 Å². The quantitative estimate of drug-likeness (QED) is 0.733. The third-order valence-electron chi connectivity index (χ3n) is 6.32. The van der Waals surface area contributed by atoms with Crippen molar-refractivity contribution < 1.29 is 18.7 Å². The molecule has 8 heteroatoms. The summed E-state index contributed by atoms with van der Waals surface area (Å²) in [4.78, 5) is 19.6. The molecule has 1 aromatic carbocycles. The van der Waals surface area contributed by atoms with E-state index in [1.807, 2.05) is 6.07 Å². The lowest BCUT2D eigenvalue weighted by molar-refractivity contribution is -0.0835. The molecular weight excluding hydrogens is 412 g/mol. The molecule has 2 aliphatic rings. The predicted molar refractivity (Wildman–Crippen MR) is 113 cm³/mol. The van der Waals surface area contributed by atoms with Gasteiger partial charge in [0.1, 0.15) is 5.82 Å². The van der Waals surface area contributed by atoms with E-state index in [1.54, 1.807) is 18.2 Å². The Bertz CT molecular complexity index is 940. The maximum Gasteiger partial charge on any atom is 0.253 e. The van der Waals surface area contributed by atoms with Crippen molar-refractivity contribution in [1.29, 1.82) is 0 Å². The molecular formula is C22H26ClF2N3O2. The van der Waals surface area contributed by atoms with Crippen LogP contribution in [0.25, 0.3) is 10.9 Å². The Morgan fingerprint density at radius 1 is 1.27 bits per heavy atom. The summed E-state index contributed by atoms with van der Waals surface area (Å²) in [5, 5.41) is 12.9. The highest BCUT2D eigenvalue weighted by Crippen LogP contribution is 2.38. The molecule has 1 aliphatic carbocycles. The molecule has 0 spiro atoms. The largest absolute Gasteiger partial charge is 0.396 e. The second-order valence-corrected chi connectivity index (χ2v) is 8.76. The van der Waals surface area contributed by atoms with E-state index in [-0.39, 0.29) is 36.1 Å².